The Bertz CT molecular complexity index is 1190. The molecule has 3 aromatic carbocycles. The Labute approximate surface area is 167 Å². The second-order valence-corrected chi connectivity index (χ2v) is 11.5. The van der Waals surface area contributed by atoms with Crippen LogP contribution < -0.4 is 10.1 Å². The van der Waals surface area contributed by atoms with Crippen LogP contribution >= 0.6 is 10.0 Å². The molecule has 3 nitrogen and oxygen atoms in total. The fraction of sp³-hybridized carbons (Fsp3) is 0.182. The van der Waals surface area contributed by atoms with E-state index in [9.17, 15) is 13.2 Å². The van der Waals surface area contributed by atoms with Crippen molar-refractivity contribution < 1.29 is 22.3 Å². The number of ether oxygens (including phenoxy) is 1. The molecule has 0 bridgehead atoms. The van der Waals surface area contributed by atoms with Gasteiger partial charge in [0.15, 0.2) is 11.3 Å². The van der Waals surface area contributed by atoms with E-state index in [2.05, 4.69) is 34.9 Å². The van der Waals surface area contributed by atoms with Gasteiger partial charge in [0, 0.05) is 15.7 Å². The molecule has 0 fully saturated rings. The zero-order valence-corrected chi connectivity index (χ0v) is 16.9. The van der Waals surface area contributed by atoms with Crippen LogP contribution in [0.5, 0.6) is 5.75 Å². The van der Waals surface area contributed by atoms with Gasteiger partial charge in [-0.3, -0.25) is 0 Å². The average molecular weight is 419 g/mol. The highest BCUT2D eigenvalue weighted by molar-refractivity contribution is 8.32. The summed E-state index contributed by atoms with van der Waals surface area (Å²) in [7, 11) is -1.03. The molecule has 152 valence electrons. The van der Waals surface area contributed by atoms with E-state index in [0.29, 0.717) is 11.3 Å². The molecule has 0 aliphatic heterocycles. The molecule has 0 atom stereocenters. The number of benzene rings is 3. The summed E-state index contributed by atoms with van der Waals surface area (Å²) in [5, 5.41) is 4.94. The van der Waals surface area contributed by atoms with Crippen LogP contribution in [0.4, 0.5) is 24.5 Å². The smallest absolute Gasteiger partial charge is 0.453 e. The Morgan fingerprint density at radius 2 is 1.41 bits per heavy atom. The van der Waals surface area contributed by atoms with E-state index in [1.807, 2.05) is 24.3 Å². The highest BCUT2D eigenvalue weighted by Gasteiger charge is 2.32. The van der Waals surface area contributed by atoms with Crippen LogP contribution in [0, 0.1) is 0 Å². The number of furan rings is 1. The van der Waals surface area contributed by atoms with Crippen molar-refractivity contribution in [3.05, 3.63) is 60.7 Å². The average Bonchev–Trinajstić information content (AvgIpc) is 3.01. The van der Waals surface area contributed by atoms with Gasteiger partial charge in [-0.1, -0.05) is 36.4 Å². The van der Waals surface area contributed by atoms with Gasteiger partial charge in [0.2, 0.25) is 0 Å². The summed E-state index contributed by atoms with van der Waals surface area (Å²) in [4.78, 5) is 1.15. The van der Waals surface area contributed by atoms with Crippen LogP contribution in [0.1, 0.15) is 0 Å². The number of fused-ring (bicyclic) bond motifs is 3. The van der Waals surface area contributed by atoms with Gasteiger partial charge in [-0.2, -0.15) is 0 Å². The minimum absolute atomic E-state index is 0.208. The van der Waals surface area contributed by atoms with Gasteiger partial charge in [-0.15, -0.1) is 13.2 Å². The maximum Gasteiger partial charge on any atom is 0.573 e. The lowest BCUT2D eigenvalue weighted by molar-refractivity contribution is -0.274. The summed E-state index contributed by atoms with van der Waals surface area (Å²) < 4.78 is 48.6. The lowest BCUT2D eigenvalue weighted by atomic mass is 10.1. The van der Waals surface area contributed by atoms with E-state index in [0.717, 1.165) is 21.3 Å². The molecule has 0 amide bonds. The highest BCUT2D eigenvalue weighted by Crippen LogP contribution is 2.50. The standard InChI is InChI=1S/C22H20F3NO2S/c1-29(2,3)19-13-7-9-15-14-8-6-11-17(20(14)27-21(15)19)26-16-10-4-5-12-18(16)28-22(23,24)25/h4-13,26H,1-3H3. The van der Waals surface area contributed by atoms with Crippen LogP contribution in [0.2, 0.25) is 0 Å². The predicted molar refractivity (Wildman–Crippen MR) is 114 cm³/mol. The van der Waals surface area contributed by atoms with Crippen LogP contribution in [-0.4, -0.2) is 25.1 Å². The second kappa shape index (κ2) is 6.91. The zero-order chi connectivity index (χ0) is 20.8. The summed E-state index contributed by atoms with van der Waals surface area (Å²) in [6.07, 6.45) is 1.81. The minimum Gasteiger partial charge on any atom is -0.453 e. The van der Waals surface area contributed by atoms with Crippen LogP contribution in [-0.2, 0) is 0 Å². The van der Waals surface area contributed by atoms with E-state index < -0.39 is 16.4 Å². The Kier molecular flexibility index (Phi) is 4.65. The van der Waals surface area contributed by atoms with Crippen LogP contribution in [0.25, 0.3) is 21.9 Å². The third kappa shape index (κ3) is 3.87. The summed E-state index contributed by atoms with van der Waals surface area (Å²) in [5.41, 5.74) is 2.20. The fourth-order valence-corrected chi connectivity index (χ4v) is 4.50. The van der Waals surface area contributed by atoms with Crippen LogP contribution in [0.3, 0.4) is 0 Å². The molecule has 1 aromatic heterocycles. The zero-order valence-electron chi connectivity index (χ0n) is 16.1. The normalized spacial score (nSPS) is 13.0. The fourth-order valence-electron chi connectivity index (χ4n) is 3.30. The van der Waals surface area contributed by atoms with Crippen molar-refractivity contribution in [1.29, 1.82) is 0 Å². The lowest BCUT2D eigenvalue weighted by Crippen LogP contribution is -2.17. The van der Waals surface area contributed by atoms with Crippen molar-refractivity contribution in [3.63, 3.8) is 0 Å². The van der Waals surface area contributed by atoms with Crippen molar-refractivity contribution in [2.75, 3.05) is 24.1 Å². The third-order valence-corrected chi connectivity index (χ3v) is 6.17. The van der Waals surface area contributed by atoms with E-state index in [-0.39, 0.29) is 11.4 Å². The molecule has 0 spiro atoms. The van der Waals surface area contributed by atoms with Gasteiger partial charge in [-0.25, -0.2) is 10.0 Å². The summed E-state index contributed by atoms with van der Waals surface area (Å²) in [6, 6.07) is 17.6. The Balaban J connectivity index is 1.85. The van der Waals surface area contributed by atoms with Gasteiger partial charge < -0.3 is 14.5 Å². The first kappa shape index (κ1) is 19.5. The SMILES string of the molecule is CS(C)(C)c1cccc2c1oc1c(Nc3ccccc3OC(F)(F)F)cccc12. The predicted octanol–water partition coefficient (Wildman–Crippen LogP) is 7.28. The van der Waals surface area contributed by atoms with E-state index >= 15 is 0 Å². The number of para-hydroxylation sites is 4. The first-order valence-electron chi connectivity index (χ1n) is 8.88. The Morgan fingerprint density at radius 1 is 0.793 bits per heavy atom. The molecule has 1 heterocycles. The van der Waals surface area contributed by atoms with Crippen molar-refractivity contribution >= 4 is 43.3 Å². The van der Waals surface area contributed by atoms with Gasteiger partial charge in [0.05, 0.1) is 11.4 Å². The quantitative estimate of drug-likeness (QED) is 0.377. The molecule has 0 saturated carbocycles. The first-order chi connectivity index (χ1) is 13.6. The number of rotatable bonds is 4. The van der Waals surface area contributed by atoms with E-state index in [4.69, 9.17) is 4.42 Å². The van der Waals surface area contributed by atoms with Crippen molar-refractivity contribution in [3.8, 4) is 5.75 Å². The lowest BCUT2D eigenvalue weighted by Gasteiger charge is -2.25. The molecule has 0 unspecified atom stereocenters. The first-order valence-corrected chi connectivity index (χ1v) is 11.7. The van der Waals surface area contributed by atoms with Gasteiger partial charge in [0.25, 0.3) is 0 Å². The number of hydrogen-bond donors (Lipinski definition) is 1. The van der Waals surface area contributed by atoms with Gasteiger partial charge >= 0.3 is 6.36 Å². The number of nitrogens with one attached hydrogen (secondary N) is 1. The molecule has 7 heteroatoms. The number of anilines is 2. The molecule has 4 rings (SSSR count). The van der Waals surface area contributed by atoms with E-state index in [1.54, 1.807) is 12.1 Å². The number of alkyl halides is 3. The molecule has 1 N–H and O–H groups in total. The van der Waals surface area contributed by atoms with Gasteiger partial charge in [-0.05, 0) is 43.0 Å². The molecule has 0 radical (unpaired) electrons. The molecular weight excluding hydrogens is 399 g/mol. The van der Waals surface area contributed by atoms with E-state index in [1.165, 1.54) is 18.2 Å². The Morgan fingerprint density at radius 3 is 2.10 bits per heavy atom. The Hall–Kier alpha value is -2.80. The number of halogens is 3. The van der Waals surface area contributed by atoms with Crippen molar-refractivity contribution in [1.82, 2.24) is 0 Å². The maximum absolute atomic E-state index is 12.7. The third-order valence-electron chi connectivity index (χ3n) is 4.53. The molecular formula is C22H20F3NO2S. The van der Waals surface area contributed by atoms with Crippen LogP contribution in [0.15, 0.2) is 70.0 Å². The second-order valence-electron chi connectivity index (χ2n) is 7.42. The summed E-state index contributed by atoms with van der Waals surface area (Å²) in [5.74, 6) is -0.298. The summed E-state index contributed by atoms with van der Waals surface area (Å²) >= 11 is 0. The van der Waals surface area contributed by atoms with Gasteiger partial charge in [0.1, 0.15) is 5.58 Å². The molecule has 4 aromatic rings. The topological polar surface area (TPSA) is 34.4 Å². The maximum atomic E-state index is 12.7. The molecule has 0 aliphatic carbocycles. The number of hydrogen-bond acceptors (Lipinski definition) is 3. The highest BCUT2D eigenvalue weighted by atomic mass is 32.3. The summed E-state index contributed by atoms with van der Waals surface area (Å²) in [6.45, 7) is 0. The largest absolute Gasteiger partial charge is 0.573 e. The molecule has 29 heavy (non-hydrogen) atoms. The van der Waals surface area contributed by atoms with Crippen molar-refractivity contribution in [2.45, 2.75) is 11.3 Å². The molecule has 0 saturated heterocycles. The monoisotopic (exact) mass is 419 g/mol. The minimum atomic E-state index is -4.77. The molecule has 0 aliphatic rings. The van der Waals surface area contributed by atoms with Crippen molar-refractivity contribution in [2.24, 2.45) is 0 Å².